The van der Waals surface area contributed by atoms with Crippen LogP contribution in [0.4, 0.5) is 5.69 Å². The van der Waals surface area contributed by atoms with Crippen LogP contribution < -0.4 is 5.32 Å². The molecular formula is C15H15BrClN3S. The van der Waals surface area contributed by atoms with Crippen molar-refractivity contribution in [3.63, 3.8) is 0 Å². The van der Waals surface area contributed by atoms with Gasteiger partial charge in [0.15, 0.2) is 4.96 Å². The van der Waals surface area contributed by atoms with Crippen LogP contribution >= 0.6 is 38.9 Å². The number of rotatable bonds is 3. The maximum Gasteiger partial charge on any atom is 0.194 e. The molecule has 0 unspecified atom stereocenters. The normalized spacial score (nSPS) is 11.3. The van der Waals surface area contributed by atoms with E-state index in [2.05, 4.69) is 42.9 Å². The fraction of sp³-hybridized carbons (Fsp3) is 0.267. The van der Waals surface area contributed by atoms with Gasteiger partial charge in [0.25, 0.3) is 0 Å². The lowest BCUT2D eigenvalue weighted by molar-refractivity contribution is 0.965. The summed E-state index contributed by atoms with van der Waals surface area (Å²) >= 11 is 11.5. The molecule has 21 heavy (non-hydrogen) atoms. The average Bonchev–Trinajstić information content (AvgIpc) is 2.92. The molecule has 2 heterocycles. The summed E-state index contributed by atoms with van der Waals surface area (Å²) in [7, 11) is 0. The second kappa shape index (κ2) is 5.63. The van der Waals surface area contributed by atoms with Gasteiger partial charge in [0.1, 0.15) is 0 Å². The number of halogens is 2. The molecule has 3 aromatic rings. The summed E-state index contributed by atoms with van der Waals surface area (Å²) in [6, 6.07) is 3.98. The molecule has 0 amide bonds. The topological polar surface area (TPSA) is 29.3 Å². The van der Waals surface area contributed by atoms with Gasteiger partial charge >= 0.3 is 0 Å². The van der Waals surface area contributed by atoms with E-state index in [0.29, 0.717) is 6.54 Å². The lowest BCUT2D eigenvalue weighted by Gasteiger charge is -2.11. The molecule has 2 aromatic heterocycles. The van der Waals surface area contributed by atoms with Crippen molar-refractivity contribution in [2.45, 2.75) is 27.3 Å². The molecule has 6 heteroatoms. The number of anilines is 1. The highest BCUT2D eigenvalue weighted by molar-refractivity contribution is 9.10. The van der Waals surface area contributed by atoms with Crippen LogP contribution in [-0.4, -0.2) is 9.38 Å². The molecule has 0 fully saturated rings. The van der Waals surface area contributed by atoms with Crippen LogP contribution in [0.25, 0.3) is 4.96 Å². The number of thiazole rings is 1. The molecule has 0 radical (unpaired) electrons. The summed E-state index contributed by atoms with van der Waals surface area (Å²) in [5.41, 5.74) is 5.52. The molecule has 3 nitrogen and oxygen atoms in total. The van der Waals surface area contributed by atoms with Crippen LogP contribution in [0.5, 0.6) is 0 Å². The van der Waals surface area contributed by atoms with E-state index in [9.17, 15) is 0 Å². The summed E-state index contributed by atoms with van der Waals surface area (Å²) in [6.45, 7) is 6.86. The van der Waals surface area contributed by atoms with Crippen molar-refractivity contribution in [2.75, 3.05) is 5.32 Å². The van der Waals surface area contributed by atoms with Crippen LogP contribution in [0.1, 0.15) is 22.6 Å². The number of hydrogen-bond donors (Lipinski definition) is 1. The molecule has 0 aliphatic rings. The molecule has 0 aliphatic heterocycles. The van der Waals surface area contributed by atoms with Crippen molar-refractivity contribution in [1.82, 2.24) is 9.38 Å². The number of imidazole rings is 1. The Bertz CT molecular complexity index is 822. The van der Waals surface area contributed by atoms with E-state index in [0.717, 1.165) is 31.4 Å². The molecule has 3 rings (SSSR count). The van der Waals surface area contributed by atoms with Crippen LogP contribution in [0.2, 0.25) is 5.02 Å². The summed E-state index contributed by atoms with van der Waals surface area (Å²) < 4.78 is 3.22. The van der Waals surface area contributed by atoms with E-state index < -0.39 is 0 Å². The highest BCUT2D eigenvalue weighted by Crippen LogP contribution is 2.30. The Hall–Kier alpha value is -1.04. The molecule has 110 valence electrons. The van der Waals surface area contributed by atoms with E-state index in [4.69, 9.17) is 11.6 Å². The quantitative estimate of drug-likeness (QED) is 0.659. The Labute approximate surface area is 141 Å². The first-order valence-corrected chi connectivity index (χ1v) is 8.64. The van der Waals surface area contributed by atoms with E-state index in [1.807, 2.05) is 26.0 Å². The number of hydrogen-bond acceptors (Lipinski definition) is 3. The van der Waals surface area contributed by atoms with Gasteiger partial charge in [-0.3, -0.25) is 4.40 Å². The number of aromatic nitrogens is 2. The minimum atomic E-state index is 0.711. The molecule has 0 spiro atoms. The van der Waals surface area contributed by atoms with Crippen molar-refractivity contribution in [1.29, 1.82) is 0 Å². The molecule has 0 saturated heterocycles. The zero-order chi connectivity index (χ0) is 15.1. The number of aryl methyl sites for hydroxylation is 3. The lowest BCUT2D eigenvalue weighted by atomic mass is 10.2. The molecule has 1 aromatic carbocycles. The van der Waals surface area contributed by atoms with Crippen molar-refractivity contribution in [2.24, 2.45) is 0 Å². The minimum Gasteiger partial charge on any atom is -0.378 e. The van der Waals surface area contributed by atoms with Crippen molar-refractivity contribution >= 4 is 49.5 Å². The van der Waals surface area contributed by atoms with Gasteiger partial charge in [-0.1, -0.05) is 11.6 Å². The Morgan fingerprint density at radius 1 is 1.33 bits per heavy atom. The summed E-state index contributed by atoms with van der Waals surface area (Å²) in [6.07, 6.45) is 0. The van der Waals surface area contributed by atoms with Gasteiger partial charge in [-0.25, -0.2) is 4.98 Å². The predicted octanol–water partition coefficient (Wildman–Crippen LogP) is 5.35. The first-order valence-electron chi connectivity index (χ1n) is 6.59. The highest BCUT2D eigenvalue weighted by Gasteiger charge is 2.12. The molecule has 0 aliphatic carbocycles. The second-order valence-electron chi connectivity index (χ2n) is 5.07. The number of fused-ring (bicyclic) bond motifs is 1. The highest BCUT2D eigenvalue weighted by atomic mass is 79.9. The van der Waals surface area contributed by atoms with Crippen LogP contribution in [0, 0.1) is 20.8 Å². The summed E-state index contributed by atoms with van der Waals surface area (Å²) in [5.74, 6) is 0. The van der Waals surface area contributed by atoms with Gasteiger partial charge in [0.2, 0.25) is 0 Å². The first-order chi connectivity index (χ1) is 9.97. The van der Waals surface area contributed by atoms with E-state index >= 15 is 0 Å². The smallest absolute Gasteiger partial charge is 0.194 e. The third kappa shape index (κ3) is 2.70. The minimum absolute atomic E-state index is 0.711. The average molecular weight is 385 g/mol. The van der Waals surface area contributed by atoms with Gasteiger partial charge in [0.05, 0.1) is 23.6 Å². The molecule has 1 N–H and O–H groups in total. The molecule has 0 saturated carbocycles. The van der Waals surface area contributed by atoms with Gasteiger partial charge < -0.3 is 5.32 Å². The SMILES string of the molecule is Cc1cc(Br)c(NCc2c(C)nc3scc(C)n23)cc1Cl. The fourth-order valence-electron chi connectivity index (χ4n) is 2.34. The van der Waals surface area contributed by atoms with Gasteiger partial charge in [-0.15, -0.1) is 11.3 Å². The first kappa shape index (κ1) is 14.9. The summed E-state index contributed by atoms with van der Waals surface area (Å²) in [4.78, 5) is 5.65. The molecular weight excluding hydrogens is 370 g/mol. The van der Waals surface area contributed by atoms with Crippen LogP contribution in [0.3, 0.4) is 0 Å². The predicted molar refractivity (Wildman–Crippen MR) is 93.8 cm³/mol. The molecule has 0 atom stereocenters. The van der Waals surface area contributed by atoms with Crippen LogP contribution in [0.15, 0.2) is 22.0 Å². The maximum absolute atomic E-state index is 6.20. The third-order valence-corrected chi connectivity index (χ3v) is 5.53. The van der Waals surface area contributed by atoms with Gasteiger partial charge in [-0.05, 0) is 54.4 Å². The largest absolute Gasteiger partial charge is 0.378 e. The van der Waals surface area contributed by atoms with E-state index in [-0.39, 0.29) is 0 Å². The summed E-state index contributed by atoms with van der Waals surface area (Å²) in [5, 5.41) is 6.34. The second-order valence-corrected chi connectivity index (χ2v) is 7.17. The third-order valence-electron chi connectivity index (χ3n) is 3.52. The monoisotopic (exact) mass is 383 g/mol. The molecule has 0 bridgehead atoms. The lowest BCUT2D eigenvalue weighted by Crippen LogP contribution is -2.05. The Morgan fingerprint density at radius 2 is 2.10 bits per heavy atom. The number of nitrogens with zero attached hydrogens (tertiary/aromatic N) is 2. The number of benzene rings is 1. The zero-order valence-electron chi connectivity index (χ0n) is 12.0. The Balaban J connectivity index is 1.92. The zero-order valence-corrected chi connectivity index (χ0v) is 15.2. The van der Waals surface area contributed by atoms with Crippen molar-refractivity contribution in [3.05, 3.63) is 49.7 Å². The van der Waals surface area contributed by atoms with E-state index in [1.165, 1.54) is 11.4 Å². The van der Waals surface area contributed by atoms with Crippen LogP contribution in [-0.2, 0) is 6.54 Å². The van der Waals surface area contributed by atoms with Gasteiger partial charge in [0, 0.05) is 20.6 Å². The maximum atomic E-state index is 6.20. The van der Waals surface area contributed by atoms with Gasteiger partial charge in [-0.2, -0.15) is 0 Å². The Morgan fingerprint density at radius 3 is 2.86 bits per heavy atom. The van der Waals surface area contributed by atoms with E-state index in [1.54, 1.807) is 11.3 Å². The number of nitrogens with one attached hydrogen (secondary N) is 1. The Kier molecular flexibility index (Phi) is 3.99. The fourth-order valence-corrected chi connectivity index (χ4v) is 4.03. The standard InChI is InChI=1S/C15H15BrClN3S/c1-8-4-11(16)13(5-12(8)17)18-6-14-10(3)19-15-20(14)9(2)7-21-15/h4-5,7,18H,6H2,1-3H3. The van der Waals surface area contributed by atoms with Crippen molar-refractivity contribution in [3.8, 4) is 0 Å². The van der Waals surface area contributed by atoms with Crippen molar-refractivity contribution < 1.29 is 0 Å².